The van der Waals surface area contributed by atoms with Crippen LogP contribution in [0.3, 0.4) is 0 Å². The van der Waals surface area contributed by atoms with Crippen molar-refractivity contribution in [3.8, 4) is 0 Å². The van der Waals surface area contributed by atoms with Crippen LogP contribution in [-0.2, 0) is 28.6 Å². The molecule has 0 saturated carbocycles. The van der Waals surface area contributed by atoms with Gasteiger partial charge in [0, 0.05) is 31.8 Å². The summed E-state index contributed by atoms with van der Waals surface area (Å²) in [7, 11) is 0. The molecule has 3 N–H and O–H groups in total. The van der Waals surface area contributed by atoms with E-state index in [4.69, 9.17) is 19.9 Å². The van der Waals surface area contributed by atoms with E-state index in [1.54, 1.807) is 0 Å². The van der Waals surface area contributed by atoms with Gasteiger partial charge in [0.2, 0.25) is 5.91 Å². The molecule has 0 aromatic carbocycles. The summed E-state index contributed by atoms with van der Waals surface area (Å²) in [6, 6.07) is 0. The van der Waals surface area contributed by atoms with Crippen LogP contribution in [0.15, 0.2) is 12.2 Å². The molecule has 130 valence electrons. The summed E-state index contributed by atoms with van der Waals surface area (Å²) in [6.07, 6.45) is 2.41. The van der Waals surface area contributed by atoms with Crippen LogP contribution < -0.4 is 11.1 Å². The minimum absolute atomic E-state index is 0.104. The molecule has 9 heteroatoms. The maximum Gasteiger partial charge on any atom is 0.253 e. The number of hydrogen-bond acceptors (Lipinski definition) is 7. The molecule has 0 radical (unpaired) electrons. The maximum absolute atomic E-state index is 11.5. The number of ether oxygens (including phenoxy) is 3. The molecule has 0 aliphatic carbocycles. The number of nitrogens with zero attached hydrogens (tertiary/aromatic N) is 1. The topological polar surface area (TPSA) is 120 Å². The zero-order valence-corrected chi connectivity index (χ0v) is 13.0. The van der Waals surface area contributed by atoms with E-state index in [0.717, 1.165) is 4.90 Å². The average Bonchev–Trinajstić information content (AvgIpc) is 2.85. The molecule has 1 aliphatic rings. The molecule has 3 amide bonds. The van der Waals surface area contributed by atoms with Crippen molar-refractivity contribution in [2.75, 3.05) is 59.3 Å². The van der Waals surface area contributed by atoms with Gasteiger partial charge >= 0.3 is 0 Å². The van der Waals surface area contributed by atoms with E-state index >= 15 is 0 Å². The van der Waals surface area contributed by atoms with Gasteiger partial charge in [0.1, 0.15) is 6.61 Å². The van der Waals surface area contributed by atoms with Crippen molar-refractivity contribution in [3.63, 3.8) is 0 Å². The summed E-state index contributed by atoms with van der Waals surface area (Å²) in [5, 5.41) is 2.57. The van der Waals surface area contributed by atoms with Gasteiger partial charge in [0.05, 0.1) is 33.0 Å². The number of carbonyl (C=O) groups excluding carboxylic acids is 3. The molecule has 1 heterocycles. The fraction of sp³-hybridized carbons (Fsp3) is 0.643. The van der Waals surface area contributed by atoms with Crippen molar-refractivity contribution >= 4 is 17.7 Å². The smallest absolute Gasteiger partial charge is 0.253 e. The first-order valence-corrected chi connectivity index (χ1v) is 7.38. The molecule has 0 unspecified atom stereocenters. The monoisotopic (exact) mass is 329 g/mol. The van der Waals surface area contributed by atoms with Crippen molar-refractivity contribution in [1.29, 1.82) is 0 Å². The Morgan fingerprint density at radius 2 is 1.57 bits per heavy atom. The fourth-order valence-corrected chi connectivity index (χ4v) is 1.70. The highest BCUT2D eigenvalue weighted by Gasteiger charge is 2.22. The Morgan fingerprint density at radius 3 is 2.17 bits per heavy atom. The molecule has 9 nitrogen and oxygen atoms in total. The maximum atomic E-state index is 11.5. The molecule has 0 saturated heterocycles. The van der Waals surface area contributed by atoms with E-state index in [1.807, 2.05) is 0 Å². The number of hydrogen-bond donors (Lipinski definition) is 2. The third-order valence-corrected chi connectivity index (χ3v) is 2.80. The SMILES string of the molecule is NCCOCCOCCOCC(=O)NCCN1C(=O)C=CC1=O. The molecular formula is C14H23N3O6. The second kappa shape index (κ2) is 11.7. The van der Waals surface area contributed by atoms with Crippen LogP contribution in [0.5, 0.6) is 0 Å². The first-order valence-electron chi connectivity index (χ1n) is 7.38. The molecule has 23 heavy (non-hydrogen) atoms. The Hall–Kier alpha value is -1.81. The largest absolute Gasteiger partial charge is 0.378 e. The standard InChI is InChI=1S/C14H23N3O6/c15-3-6-21-7-8-22-9-10-23-11-12(18)16-4-5-17-13(19)1-2-14(17)20/h1-2H,3-11,15H2,(H,16,18). The molecule has 0 bridgehead atoms. The van der Waals surface area contributed by atoms with E-state index < -0.39 is 0 Å². The van der Waals surface area contributed by atoms with Gasteiger partial charge in [-0.3, -0.25) is 19.3 Å². The Labute approximate surface area is 134 Å². The van der Waals surface area contributed by atoms with Crippen LogP contribution >= 0.6 is 0 Å². The van der Waals surface area contributed by atoms with Crippen molar-refractivity contribution in [2.45, 2.75) is 0 Å². The molecule has 0 spiro atoms. The zero-order valence-electron chi connectivity index (χ0n) is 13.0. The third kappa shape index (κ3) is 8.41. The predicted octanol–water partition coefficient (Wildman–Crippen LogP) is -1.96. The Morgan fingerprint density at radius 1 is 1.00 bits per heavy atom. The van der Waals surface area contributed by atoms with Crippen LogP contribution in [0.4, 0.5) is 0 Å². The van der Waals surface area contributed by atoms with E-state index in [0.29, 0.717) is 33.0 Å². The quantitative estimate of drug-likeness (QED) is 0.297. The van der Waals surface area contributed by atoms with Gasteiger partial charge in [-0.15, -0.1) is 0 Å². The number of amides is 3. The van der Waals surface area contributed by atoms with Gasteiger partial charge in [-0.2, -0.15) is 0 Å². The second-order valence-corrected chi connectivity index (χ2v) is 4.58. The third-order valence-electron chi connectivity index (χ3n) is 2.80. The number of imide groups is 1. The van der Waals surface area contributed by atoms with Gasteiger partial charge < -0.3 is 25.3 Å². The summed E-state index contributed by atoms with van der Waals surface area (Å²) in [5.74, 6) is -1.05. The molecule has 0 aromatic rings. The van der Waals surface area contributed by atoms with Crippen LogP contribution in [-0.4, -0.2) is 81.9 Å². The van der Waals surface area contributed by atoms with Crippen LogP contribution in [0.25, 0.3) is 0 Å². The molecule has 0 fully saturated rings. The number of nitrogens with two attached hydrogens (primary N) is 1. The van der Waals surface area contributed by atoms with Crippen LogP contribution in [0.1, 0.15) is 0 Å². The lowest BCUT2D eigenvalue weighted by Crippen LogP contribution is -2.39. The van der Waals surface area contributed by atoms with Crippen LogP contribution in [0.2, 0.25) is 0 Å². The van der Waals surface area contributed by atoms with Gasteiger partial charge in [0.15, 0.2) is 0 Å². The lowest BCUT2D eigenvalue weighted by atomic mass is 10.5. The summed E-state index contributed by atoms with van der Waals surface area (Å²) in [4.78, 5) is 35.1. The normalized spacial score (nSPS) is 13.9. The van der Waals surface area contributed by atoms with Gasteiger partial charge in [-0.05, 0) is 0 Å². The van der Waals surface area contributed by atoms with E-state index in [9.17, 15) is 14.4 Å². The number of rotatable bonds is 13. The zero-order chi connectivity index (χ0) is 16.9. The minimum atomic E-state index is -0.368. The molecule has 1 aliphatic heterocycles. The summed E-state index contributed by atoms with van der Waals surface area (Å²) in [6.45, 7) is 2.78. The van der Waals surface area contributed by atoms with Gasteiger partial charge in [0.25, 0.3) is 11.8 Å². The minimum Gasteiger partial charge on any atom is -0.378 e. The van der Waals surface area contributed by atoms with Crippen molar-refractivity contribution in [1.82, 2.24) is 10.2 Å². The second-order valence-electron chi connectivity index (χ2n) is 4.58. The van der Waals surface area contributed by atoms with Crippen molar-refractivity contribution in [2.24, 2.45) is 5.73 Å². The molecular weight excluding hydrogens is 306 g/mol. The summed E-state index contributed by atoms with van der Waals surface area (Å²) < 4.78 is 15.5. The lowest BCUT2D eigenvalue weighted by Gasteiger charge is -2.14. The van der Waals surface area contributed by atoms with E-state index in [2.05, 4.69) is 5.32 Å². The lowest BCUT2D eigenvalue weighted by molar-refractivity contribution is -0.137. The Kier molecular flexibility index (Phi) is 9.80. The van der Waals surface area contributed by atoms with E-state index in [-0.39, 0.29) is 44.0 Å². The van der Waals surface area contributed by atoms with Crippen molar-refractivity contribution < 1.29 is 28.6 Å². The first-order chi connectivity index (χ1) is 11.1. The molecule has 1 rings (SSSR count). The highest BCUT2D eigenvalue weighted by atomic mass is 16.5. The average molecular weight is 329 g/mol. The fourth-order valence-electron chi connectivity index (χ4n) is 1.70. The van der Waals surface area contributed by atoms with E-state index in [1.165, 1.54) is 12.2 Å². The first kappa shape index (κ1) is 19.2. The summed E-state index contributed by atoms with van der Waals surface area (Å²) >= 11 is 0. The predicted molar refractivity (Wildman–Crippen MR) is 80.4 cm³/mol. The van der Waals surface area contributed by atoms with Gasteiger partial charge in [-0.25, -0.2) is 0 Å². The number of carbonyl (C=O) groups is 3. The highest BCUT2D eigenvalue weighted by Crippen LogP contribution is 2.01. The number of nitrogens with one attached hydrogen (secondary N) is 1. The molecule has 0 atom stereocenters. The van der Waals surface area contributed by atoms with Crippen LogP contribution in [0, 0.1) is 0 Å². The Balaban J connectivity index is 1.91. The molecule has 0 aromatic heterocycles. The van der Waals surface area contributed by atoms with Crippen molar-refractivity contribution in [3.05, 3.63) is 12.2 Å². The Bertz CT molecular complexity index is 409. The van der Waals surface area contributed by atoms with Gasteiger partial charge in [-0.1, -0.05) is 0 Å². The highest BCUT2D eigenvalue weighted by molar-refractivity contribution is 6.12. The summed E-state index contributed by atoms with van der Waals surface area (Å²) in [5.41, 5.74) is 5.26.